The molecule has 0 radical (unpaired) electrons. The number of ether oxygens (including phenoxy) is 1. The molecule has 1 saturated carbocycles. The Morgan fingerprint density at radius 2 is 1.76 bits per heavy atom. The van der Waals surface area contributed by atoms with E-state index in [1.54, 1.807) is 6.07 Å². The third-order valence-electron chi connectivity index (χ3n) is 6.38. The number of alkyl halides is 3. The smallest absolute Gasteiger partial charge is 0.417 e. The number of halogens is 4. The summed E-state index contributed by atoms with van der Waals surface area (Å²) >= 11 is 0. The van der Waals surface area contributed by atoms with Crippen molar-refractivity contribution >= 4 is 17.1 Å². The number of fused-ring (bicyclic) bond motifs is 1. The van der Waals surface area contributed by atoms with E-state index in [9.17, 15) is 22.4 Å². The molecule has 1 aliphatic carbocycles. The minimum absolute atomic E-state index is 0.0471. The number of H-pyrrole nitrogens is 1. The molecule has 1 fully saturated rings. The van der Waals surface area contributed by atoms with Gasteiger partial charge in [0.15, 0.2) is 5.65 Å². The lowest BCUT2D eigenvalue weighted by molar-refractivity contribution is -0.139. The standard InChI is InChI=1S/C25H21F4N5O3/c26-19-8-14(3-6-18(19)22-33-20-9-16(25(27,28)29)12-30-23(20)34-22)15-10-31-24(32-11-15)37-17-4-1-13(2-5-17)7-21(35)36/h3,6,8-13,17H,1-2,4-5,7H2,(H,35,36)(H,30,33,34). The number of rotatable bonds is 6. The zero-order valence-corrected chi connectivity index (χ0v) is 19.3. The van der Waals surface area contributed by atoms with Crippen molar-refractivity contribution < 1.29 is 32.2 Å². The number of nitrogens with zero attached hydrogens (tertiary/aromatic N) is 4. The molecule has 0 bridgehead atoms. The fourth-order valence-electron chi connectivity index (χ4n) is 4.45. The number of aromatic amines is 1. The van der Waals surface area contributed by atoms with E-state index < -0.39 is 23.5 Å². The van der Waals surface area contributed by atoms with Crippen molar-refractivity contribution in [1.82, 2.24) is 24.9 Å². The number of nitrogens with one attached hydrogen (secondary N) is 1. The molecule has 0 unspecified atom stereocenters. The van der Waals surface area contributed by atoms with Crippen molar-refractivity contribution in [2.75, 3.05) is 0 Å². The Morgan fingerprint density at radius 1 is 1.03 bits per heavy atom. The quantitative estimate of drug-likeness (QED) is 0.319. The predicted molar refractivity (Wildman–Crippen MR) is 124 cm³/mol. The maximum atomic E-state index is 15.0. The first-order valence-corrected chi connectivity index (χ1v) is 11.6. The van der Waals surface area contributed by atoms with Gasteiger partial charge in [0, 0.05) is 30.6 Å². The normalized spacial score (nSPS) is 18.2. The number of aliphatic carboxylic acids is 1. The number of aromatic nitrogens is 5. The van der Waals surface area contributed by atoms with Crippen LogP contribution in [-0.4, -0.2) is 42.1 Å². The van der Waals surface area contributed by atoms with Crippen molar-refractivity contribution in [3.63, 3.8) is 0 Å². The second-order valence-electron chi connectivity index (χ2n) is 8.99. The van der Waals surface area contributed by atoms with Gasteiger partial charge in [-0.2, -0.15) is 13.2 Å². The van der Waals surface area contributed by atoms with Crippen molar-refractivity contribution in [2.45, 2.75) is 44.4 Å². The highest BCUT2D eigenvalue weighted by atomic mass is 19.4. The lowest BCUT2D eigenvalue weighted by atomic mass is 9.85. The van der Waals surface area contributed by atoms with Crippen LogP contribution in [0.25, 0.3) is 33.7 Å². The maximum Gasteiger partial charge on any atom is 0.417 e. The van der Waals surface area contributed by atoms with Crippen LogP contribution in [-0.2, 0) is 11.0 Å². The Bertz CT molecular complexity index is 1430. The van der Waals surface area contributed by atoms with Crippen LogP contribution in [0.3, 0.4) is 0 Å². The molecule has 3 aromatic heterocycles. The van der Waals surface area contributed by atoms with E-state index in [-0.39, 0.29) is 47.0 Å². The van der Waals surface area contributed by atoms with Gasteiger partial charge in [0.25, 0.3) is 0 Å². The summed E-state index contributed by atoms with van der Waals surface area (Å²) in [6.45, 7) is 0. The molecule has 1 aliphatic rings. The Labute approximate surface area is 207 Å². The van der Waals surface area contributed by atoms with E-state index in [2.05, 4.69) is 24.9 Å². The fourth-order valence-corrected chi connectivity index (χ4v) is 4.45. The molecule has 0 spiro atoms. The highest BCUT2D eigenvalue weighted by Crippen LogP contribution is 2.32. The van der Waals surface area contributed by atoms with Gasteiger partial charge in [0.2, 0.25) is 0 Å². The summed E-state index contributed by atoms with van der Waals surface area (Å²) in [6, 6.07) is 5.43. The second-order valence-corrected chi connectivity index (χ2v) is 8.99. The highest BCUT2D eigenvalue weighted by Gasteiger charge is 2.31. The van der Waals surface area contributed by atoms with E-state index in [0.29, 0.717) is 17.3 Å². The minimum atomic E-state index is -4.55. The van der Waals surface area contributed by atoms with Crippen LogP contribution in [0.1, 0.15) is 37.7 Å². The molecule has 37 heavy (non-hydrogen) atoms. The fraction of sp³-hybridized carbons (Fsp3) is 0.320. The summed E-state index contributed by atoms with van der Waals surface area (Å²) in [7, 11) is 0. The van der Waals surface area contributed by atoms with E-state index >= 15 is 0 Å². The van der Waals surface area contributed by atoms with Gasteiger partial charge < -0.3 is 14.8 Å². The zero-order chi connectivity index (χ0) is 26.2. The summed E-state index contributed by atoms with van der Waals surface area (Å²) in [4.78, 5) is 29.8. The van der Waals surface area contributed by atoms with Crippen LogP contribution in [0.15, 0.2) is 42.9 Å². The van der Waals surface area contributed by atoms with Gasteiger partial charge in [-0.3, -0.25) is 4.79 Å². The molecular weight excluding hydrogens is 494 g/mol. The van der Waals surface area contributed by atoms with Crippen molar-refractivity contribution in [2.24, 2.45) is 5.92 Å². The SMILES string of the molecule is O=C(O)CC1CCC(Oc2ncc(-c3ccc(-c4nc5ncc(C(F)(F)F)cc5[nH]4)c(F)c3)cn2)CC1. The van der Waals surface area contributed by atoms with Gasteiger partial charge in [0.1, 0.15) is 17.7 Å². The molecule has 192 valence electrons. The Balaban J connectivity index is 1.27. The van der Waals surface area contributed by atoms with Gasteiger partial charge >= 0.3 is 18.2 Å². The number of carbonyl (C=O) groups is 1. The molecule has 0 saturated heterocycles. The van der Waals surface area contributed by atoms with Gasteiger partial charge in [-0.1, -0.05) is 6.07 Å². The lowest BCUT2D eigenvalue weighted by Crippen LogP contribution is -2.25. The lowest BCUT2D eigenvalue weighted by Gasteiger charge is -2.27. The van der Waals surface area contributed by atoms with Crippen LogP contribution in [0.5, 0.6) is 6.01 Å². The van der Waals surface area contributed by atoms with Gasteiger partial charge in [-0.15, -0.1) is 0 Å². The topological polar surface area (TPSA) is 114 Å². The maximum absolute atomic E-state index is 15.0. The first-order chi connectivity index (χ1) is 17.7. The Kier molecular flexibility index (Phi) is 6.48. The number of carboxylic acids is 1. The number of imidazole rings is 1. The predicted octanol–water partition coefficient (Wildman–Crippen LogP) is 5.65. The van der Waals surface area contributed by atoms with E-state index in [0.717, 1.165) is 31.7 Å². The summed E-state index contributed by atoms with van der Waals surface area (Å²) < 4.78 is 59.6. The van der Waals surface area contributed by atoms with Crippen LogP contribution >= 0.6 is 0 Å². The number of hydrogen-bond donors (Lipinski definition) is 2. The third-order valence-corrected chi connectivity index (χ3v) is 6.38. The first-order valence-electron chi connectivity index (χ1n) is 11.6. The number of pyridine rings is 1. The molecule has 3 heterocycles. The Morgan fingerprint density at radius 3 is 2.41 bits per heavy atom. The molecule has 0 amide bonds. The van der Waals surface area contributed by atoms with E-state index in [1.165, 1.54) is 24.5 Å². The van der Waals surface area contributed by atoms with Crippen LogP contribution in [0.4, 0.5) is 17.6 Å². The number of benzene rings is 1. The Hall–Kier alpha value is -4.09. The summed E-state index contributed by atoms with van der Waals surface area (Å²) in [5, 5.41) is 8.92. The highest BCUT2D eigenvalue weighted by molar-refractivity contribution is 5.77. The monoisotopic (exact) mass is 515 g/mol. The van der Waals surface area contributed by atoms with E-state index in [1.807, 2.05) is 0 Å². The van der Waals surface area contributed by atoms with Crippen molar-refractivity contribution in [1.29, 1.82) is 0 Å². The van der Waals surface area contributed by atoms with Crippen molar-refractivity contribution in [3.05, 3.63) is 54.2 Å². The molecular formula is C25H21F4N5O3. The molecule has 2 N–H and O–H groups in total. The average molecular weight is 515 g/mol. The van der Waals surface area contributed by atoms with Gasteiger partial charge in [-0.25, -0.2) is 24.3 Å². The molecule has 5 rings (SSSR count). The van der Waals surface area contributed by atoms with E-state index in [4.69, 9.17) is 9.84 Å². The van der Waals surface area contributed by atoms with Gasteiger partial charge in [-0.05, 0) is 55.4 Å². The molecule has 0 atom stereocenters. The molecule has 0 aliphatic heterocycles. The third kappa shape index (κ3) is 5.52. The van der Waals surface area contributed by atoms with Crippen LogP contribution in [0.2, 0.25) is 0 Å². The molecule has 8 nitrogen and oxygen atoms in total. The van der Waals surface area contributed by atoms with Crippen molar-refractivity contribution in [3.8, 4) is 28.5 Å². The second kappa shape index (κ2) is 9.75. The first kappa shape index (κ1) is 24.6. The van der Waals surface area contributed by atoms with Gasteiger partial charge in [0.05, 0.1) is 16.6 Å². The molecule has 12 heteroatoms. The zero-order valence-electron chi connectivity index (χ0n) is 19.3. The average Bonchev–Trinajstić information content (AvgIpc) is 3.28. The summed E-state index contributed by atoms with van der Waals surface area (Å²) in [6.07, 6.45) is 2.23. The largest absolute Gasteiger partial charge is 0.481 e. The van der Waals surface area contributed by atoms with Crippen LogP contribution in [0, 0.1) is 11.7 Å². The number of hydrogen-bond acceptors (Lipinski definition) is 6. The molecule has 1 aromatic carbocycles. The summed E-state index contributed by atoms with van der Waals surface area (Å²) in [5.74, 6) is -1.21. The number of carboxylic acid groups (broad SMARTS) is 1. The van der Waals surface area contributed by atoms with Crippen LogP contribution < -0.4 is 4.74 Å². The summed E-state index contributed by atoms with van der Waals surface area (Å²) in [5.41, 5.74) is 0.289. The molecule has 4 aromatic rings. The minimum Gasteiger partial charge on any atom is -0.481 e.